The van der Waals surface area contributed by atoms with E-state index in [1.165, 1.54) is 6.08 Å². The van der Waals surface area contributed by atoms with Crippen LogP contribution in [0, 0.1) is 0 Å². The second kappa shape index (κ2) is 5.84. The molecule has 1 amide bonds. The van der Waals surface area contributed by atoms with E-state index in [0.29, 0.717) is 13.1 Å². The van der Waals surface area contributed by atoms with Crippen LogP contribution in [0.15, 0.2) is 12.3 Å². The van der Waals surface area contributed by atoms with Crippen molar-refractivity contribution in [1.82, 2.24) is 10.2 Å². The molecule has 1 saturated heterocycles. The highest BCUT2D eigenvalue weighted by Gasteiger charge is 2.56. The Morgan fingerprint density at radius 2 is 2.13 bits per heavy atom. The molecule has 130 valence electrons. The van der Waals surface area contributed by atoms with Gasteiger partial charge in [0.15, 0.2) is 5.79 Å². The molecule has 0 spiro atoms. The first-order valence-corrected chi connectivity index (χ1v) is 9.18. The van der Waals surface area contributed by atoms with Crippen LogP contribution in [0.2, 0.25) is 0 Å². The highest BCUT2D eigenvalue weighted by atomic mass is 31.2. The Labute approximate surface area is 133 Å². The molecule has 0 aromatic rings. The topological polar surface area (TPSA) is 118 Å². The molecule has 0 aromatic carbocycles. The maximum absolute atomic E-state index is 11.2. The van der Waals surface area contributed by atoms with Gasteiger partial charge in [-0.25, -0.2) is 0 Å². The van der Waals surface area contributed by atoms with Gasteiger partial charge in [0, 0.05) is 12.3 Å². The average molecular weight is 348 g/mol. The molecule has 0 aromatic heterocycles. The molecule has 2 fully saturated rings. The lowest BCUT2D eigenvalue weighted by atomic mass is 10.1. The predicted octanol–water partition coefficient (Wildman–Crippen LogP) is -0.298. The summed E-state index contributed by atoms with van der Waals surface area (Å²) in [7, 11) is -4.25. The van der Waals surface area contributed by atoms with Crippen molar-refractivity contribution < 1.29 is 33.4 Å². The number of hydrogen-bond acceptors (Lipinski definition) is 6. The zero-order chi connectivity index (χ0) is 16.8. The Morgan fingerprint density at radius 3 is 2.74 bits per heavy atom. The summed E-state index contributed by atoms with van der Waals surface area (Å²) in [5.74, 6) is -0.950. The highest BCUT2D eigenvalue weighted by molar-refractivity contribution is 7.51. The summed E-state index contributed by atoms with van der Waals surface area (Å²) in [5.41, 5.74) is 0. The van der Waals surface area contributed by atoms with Crippen molar-refractivity contribution in [3.63, 3.8) is 0 Å². The second-order valence-electron chi connectivity index (χ2n) is 6.40. The molecule has 0 radical (unpaired) electrons. The minimum absolute atomic E-state index is 0.111. The lowest BCUT2D eigenvalue weighted by Crippen LogP contribution is -2.47. The molecular formula is C13H21N2O7P. The van der Waals surface area contributed by atoms with Crippen molar-refractivity contribution in [3.8, 4) is 0 Å². The zero-order valence-electron chi connectivity index (χ0n) is 12.9. The fraction of sp³-hybridized carbons (Fsp3) is 0.769. The van der Waals surface area contributed by atoms with E-state index in [0.717, 1.165) is 0 Å². The molecule has 2 heterocycles. The number of carbonyl (C=O) groups is 1. The van der Waals surface area contributed by atoms with Gasteiger partial charge in [0.2, 0.25) is 5.91 Å². The molecule has 3 rings (SSSR count). The van der Waals surface area contributed by atoms with Crippen molar-refractivity contribution in [2.24, 2.45) is 0 Å². The quantitative estimate of drug-likeness (QED) is 0.593. The van der Waals surface area contributed by atoms with Gasteiger partial charge >= 0.3 is 7.60 Å². The third-order valence-corrected chi connectivity index (χ3v) is 4.60. The fourth-order valence-electron chi connectivity index (χ4n) is 3.26. The Morgan fingerprint density at radius 1 is 1.43 bits per heavy atom. The minimum atomic E-state index is -4.25. The summed E-state index contributed by atoms with van der Waals surface area (Å²) in [6.07, 6.45) is 1.78. The van der Waals surface area contributed by atoms with Crippen LogP contribution in [0.3, 0.4) is 0 Å². The summed E-state index contributed by atoms with van der Waals surface area (Å²) in [4.78, 5) is 31.2. The van der Waals surface area contributed by atoms with Crippen molar-refractivity contribution in [3.05, 3.63) is 12.3 Å². The standard InChI is InChI=1S/C13H21N2O7P/c1-13(2)21-11-8(15-4-3-10(16)14-6-15)5-9(12(11)22-13)20-7-23(17,18)19/h3-4,8-9,11-12H,5-7H2,1-2H3,(H,14,16)(H2,17,18,19)/t8-,9+,11?,12?/m1/s1. The molecule has 1 saturated carbocycles. The number of rotatable bonds is 4. The number of nitrogens with one attached hydrogen (secondary N) is 1. The largest absolute Gasteiger partial charge is 0.363 e. The normalized spacial score (nSPS) is 36.2. The van der Waals surface area contributed by atoms with Gasteiger partial charge in [-0.2, -0.15) is 0 Å². The van der Waals surface area contributed by atoms with Gasteiger partial charge in [-0.3, -0.25) is 9.36 Å². The van der Waals surface area contributed by atoms with Crippen LogP contribution in [0.1, 0.15) is 20.3 Å². The van der Waals surface area contributed by atoms with Crippen LogP contribution >= 0.6 is 7.60 Å². The number of amides is 1. The summed E-state index contributed by atoms with van der Waals surface area (Å²) in [5, 5.41) is 2.72. The number of ether oxygens (including phenoxy) is 3. The van der Waals surface area contributed by atoms with Gasteiger partial charge in [-0.1, -0.05) is 0 Å². The van der Waals surface area contributed by atoms with Crippen LogP contribution in [-0.2, 0) is 23.6 Å². The van der Waals surface area contributed by atoms with Gasteiger partial charge in [-0.05, 0) is 20.3 Å². The summed E-state index contributed by atoms with van der Waals surface area (Å²) >= 11 is 0. The fourth-order valence-corrected chi connectivity index (χ4v) is 3.65. The average Bonchev–Trinajstić information content (AvgIpc) is 2.90. The van der Waals surface area contributed by atoms with E-state index in [2.05, 4.69) is 5.32 Å². The Bertz CT molecular complexity index is 561. The first-order valence-electron chi connectivity index (χ1n) is 7.38. The minimum Gasteiger partial charge on any atom is -0.363 e. The van der Waals surface area contributed by atoms with E-state index in [1.54, 1.807) is 20.0 Å². The van der Waals surface area contributed by atoms with Crippen LogP contribution in [-0.4, -0.2) is 63.8 Å². The lowest BCUT2D eigenvalue weighted by molar-refractivity contribution is -0.170. The van der Waals surface area contributed by atoms with Crippen molar-refractivity contribution in [1.29, 1.82) is 0 Å². The number of fused-ring (bicyclic) bond motifs is 1. The zero-order valence-corrected chi connectivity index (χ0v) is 13.8. The molecule has 1 aliphatic carbocycles. The van der Waals surface area contributed by atoms with E-state index < -0.39 is 31.9 Å². The predicted molar refractivity (Wildman–Crippen MR) is 78.0 cm³/mol. The second-order valence-corrected chi connectivity index (χ2v) is 7.98. The summed E-state index contributed by atoms with van der Waals surface area (Å²) in [6, 6.07) is -0.111. The third-order valence-electron chi connectivity index (χ3n) is 4.12. The highest BCUT2D eigenvalue weighted by Crippen LogP contribution is 2.43. The monoisotopic (exact) mass is 348 g/mol. The van der Waals surface area contributed by atoms with E-state index in [4.69, 9.17) is 24.0 Å². The van der Waals surface area contributed by atoms with Gasteiger partial charge in [0.1, 0.15) is 18.6 Å². The Kier molecular flexibility index (Phi) is 4.29. The molecule has 2 unspecified atom stereocenters. The maximum atomic E-state index is 11.2. The molecule has 3 N–H and O–H groups in total. The molecule has 23 heavy (non-hydrogen) atoms. The maximum Gasteiger partial charge on any atom is 0.350 e. The van der Waals surface area contributed by atoms with Crippen LogP contribution in [0.4, 0.5) is 0 Å². The Balaban J connectivity index is 1.75. The van der Waals surface area contributed by atoms with E-state index >= 15 is 0 Å². The molecule has 4 atom stereocenters. The molecule has 0 bridgehead atoms. The van der Waals surface area contributed by atoms with Gasteiger partial charge in [0.05, 0.1) is 18.8 Å². The van der Waals surface area contributed by atoms with Crippen LogP contribution < -0.4 is 5.32 Å². The molecular weight excluding hydrogens is 327 g/mol. The first-order chi connectivity index (χ1) is 10.6. The van der Waals surface area contributed by atoms with Gasteiger partial charge < -0.3 is 34.2 Å². The number of nitrogens with zero attached hydrogens (tertiary/aromatic N) is 1. The van der Waals surface area contributed by atoms with Crippen molar-refractivity contribution >= 4 is 13.5 Å². The van der Waals surface area contributed by atoms with Crippen LogP contribution in [0.5, 0.6) is 0 Å². The molecule has 3 aliphatic rings. The van der Waals surface area contributed by atoms with Gasteiger partial charge in [0.25, 0.3) is 0 Å². The van der Waals surface area contributed by atoms with E-state index in [9.17, 15) is 9.36 Å². The van der Waals surface area contributed by atoms with Crippen LogP contribution in [0.25, 0.3) is 0 Å². The molecule has 10 heteroatoms. The third kappa shape index (κ3) is 3.76. The lowest BCUT2D eigenvalue weighted by Gasteiger charge is -2.33. The molecule has 2 aliphatic heterocycles. The van der Waals surface area contributed by atoms with Gasteiger partial charge in [-0.15, -0.1) is 0 Å². The Hall–Kier alpha value is -0.960. The summed E-state index contributed by atoms with van der Waals surface area (Å²) < 4.78 is 28.3. The smallest absolute Gasteiger partial charge is 0.350 e. The molecule has 9 nitrogen and oxygen atoms in total. The number of carbonyl (C=O) groups excluding carboxylic acids is 1. The SMILES string of the molecule is CC1(C)OC2C(O1)[C@H](N1C=CC(=O)NC1)C[C@@H]2OCP(=O)(O)O. The summed E-state index contributed by atoms with van der Waals surface area (Å²) in [6.45, 7) is 3.92. The van der Waals surface area contributed by atoms with E-state index in [1.807, 2.05) is 4.90 Å². The first kappa shape index (κ1) is 16.9. The van der Waals surface area contributed by atoms with Crippen molar-refractivity contribution in [2.45, 2.75) is 50.4 Å². The number of hydrogen-bond donors (Lipinski definition) is 3. The van der Waals surface area contributed by atoms with Crippen molar-refractivity contribution in [2.75, 3.05) is 13.0 Å². The van der Waals surface area contributed by atoms with E-state index in [-0.39, 0.29) is 18.1 Å².